The SMILES string of the molecule is CCCNC(COCCOCCOC)C(=O)OC. The summed E-state index contributed by atoms with van der Waals surface area (Å²) in [5, 5.41) is 3.07. The monoisotopic (exact) mass is 263 g/mol. The molecule has 0 radical (unpaired) electrons. The lowest BCUT2D eigenvalue weighted by atomic mass is 10.3. The van der Waals surface area contributed by atoms with Gasteiger partial charge in [0.1, 0.15) is 6.04 Å². The van der Waals surface area contributed by atoms with Crippen molar-refractivity contribution >= 4 is 5.97 Å². The number of rotatable bonds is 12. The summed E-state index contributed by atoms with van der Waals surface area (Å²) in [5.41, 5.74) is 0. The van der Waals surface area contributed by atoms with E-state index < -0.39 is 6.04 Å². The van der Waals surface area contributed by atoms with Crippen molar-refractivity contribution in [1.82, 2.24) is 5.32 Å². The van der Waals surface area contributed by atoms with E-state index in [4.69, 9.17) is 18.9 Å². The smallest absolute Gasteiger partial charge is 0.325 e. The second kappa shape index (κ2) is 12.8. The van der Waals surface area contributed by atoms with Gasteiger partial charge in [0.05, 0.1) is 40.1 Å². The van der Waals surface area contributed by atoms with Gasteiger partial charge in [-0.25, -0.2) is 0 Å². The van der Waals surface area contributed by atoms with E-state index in [1.807, 2.05) is 6.92 Å². The number of hydrogen-bond donors (Lipinski definition) is 1. The first-order valence-corrected chi connectivity index (χ1v) is 6.21. The van der Waals surface area contributed by atoms with Crippen LogP contribution in [-0.2, 0) is 23.7 Å². The number of hydrogen-bond acceptors (Lipinski definition) is 6. The van der Waals surface area contributed by atoms with Crippen molar-refractivity contribution in [3.05, 3.63) is 0 Å². The van der Waals surface area contributed by atoms with Crippen molar-refractivity contribution in [2.75, 3.05) is 53.8 Å². The molecule has 0 saturated heterocycles. The third kappa shape index (κ3) is 9.35. The summed E-state index contributed by atoms with van der Waals surface area (Å²) in [6, 6.07) is -0.408. The second-order valence-corrected chi connectivity index (χ2v) is 3.71. The molecular weight excluding hydrogens is 238 g/mol. The molecule has 0 heterocycles. The fourth-order valence-corrected chi connectivity index (χ4v) is 1.23. The van der Waals surface area contributed by atoms with Gasteiger partial charge in [0.15, 0.2) is 0 Å². The summed E-state index contributed by atoms with van der Waals surface area (Å²) >= 11 is 0. The predicted molar refractivity (Wildman–Crippen MR) is 67.6 cm³/mol. The maximum absolute atomic E-state index is 11.4. The highest BCUT2D eigenvalue weighted by Crippen LogP contribution is 1.91. The third-order valence-corrected chi connectivity index (χ3v) is 2.21. The molecule has 0 fully saturated rings. The Kier molecular flexibility index (Phi) is 12.3. The molecule has 1 atom stereocenters. The Bertz CT molecular complexity index is 201. The van der Waals surface area contributed by atoms with Crippen LogP contribution in [0.5, 0.6) is 0 Å². The van der Waals surface area contributed by atoms with Crippen LogP contribution in [0.4, 0.5) is 0 Å². The molecule has 108 valence electrons. The molecule has 0 saturated carbocycles. The van der Waals surface area contributed by atoms with Gasteiger partial charge in [-0.2, -0.15) is 0 Å². The van der Waals surface area contributed by atoms with Gasteiger partial charge in [0, 0.05) is 7.11 Å². The van der Waals surface area contributed by atoms with Crippen molar-refractivity contribution in [2.45, 2.75) is 19.4 Å². The summed E-state index contributed by atoms with van der Waals surface area (Å²) in [4.78, 5) is 11.4. The Morgan fingerprint density at radius 2 is 1.78 bits per heavy atom. The van der Waals surface area contributed by atoms with Gasteiger partial charge in [0.25, 0.3) is 0 Å². The Morgan fingerprint density at radius 3 is 2.39 bits per heavy atom. The Balaban J connectivity index is 3.59. The highest BCUT2D eigenvalue weighted by molar-refractivity contribution is 5.75. The van der Waals surface area contributed by atoms with E-state index in [0.717, 1.165) is 13.0 Å². The summed E-state index contributed by atoms with van der Waals surface area (Å²) < 4.78 is 20.1. The van der Waals surface area contributed by atoms with Gasteiger partial charge in [-0.05, 0) is 13.0 Å². The highest BCUT2D eigenvalue weighted by atomic mass is 16.5. The number of carbonyl (C=O) groups is 1. The molecule has 0 spiro atoms. The van der Waals surface area contributed by atoms with Gasteiger partial charge in [0.2, 0.25) is 0 Å². The van der Waals surface area contributed by atoms with E-state index in [9.17, 15) is 4.79 Å². The molecule has 0 aliphatic heterocycles. The minimum Gasteiger partial charge on any atom is -0.468 e. The van der Waals surface area contributed by atoms with E-state index in [0.29, 0.717) is 33.0 Å². The molecule has 1 N–H and O–H groups in total. The molecule has 0 aliphatic rings. The van der Waals surface area contributed by atoms with Gasteiger partial charge in [-0.15, -0.1) is 0 Å². The fourth-order valence-electron chi connectivity index (χ4n) is 1.23. The quantitative estimate of drug-likeness (QED) is 0.401. The van der Waals surface area contributed by atoms with Crippen molar-refractivity contribution in [3.8, 4) is 0 Å². The first-order valence-electron chi connectivity index (χ1n) is 6.21. The molecule has 0 rings (SSSR count). The predicted octanol–water partition coefficient (Wildman–Crippen LogP) is 0.207. The number of ether oxygens (including phenoxy) is 4. The molecule has 6 nitrogen and oxygen atoms in total. The average Bonchev–Trinajstić information content (AvgIpc) is 2.40. The summed E-state index contributed by atoms with van der Waals surface area (Å²) in [7, 11) is 3.00. The van der Waals surface area contributed by atoms with Crippen molar-refractivity contribution in [1.29, 1.82) is 0 Å². The molecule has 1 unspecified atom stereocenters. The molecule has 0 aromatic carbocycles. The highest BCUT2D eigenvalue weighted by Gasteiger charge is 2.17. The molecule has 0 aliphatic carbocycles. The number of nitrogens with one attached hydrogen (secondary N) is 1. The van der Waals surface area contributed by atoms with E-state index in [1.54, 1.807) is 7.11 Å². The maximum Gasteiger partial charge on any atom is 0.325 e. The fraction of sp³-hybridized carbons (Fsp3) is 0.917. The van der Waals surface area contributed by atoms with Crippen LogP contribution in [-0.4, -0.2) is 65.8 Å². The van der Waals surface area contributed by atoms with E-state index in [-0.39, 0.29) is 5.97 Å². The van der Waals surface area contributed by atoms with Crippen LogP contribution < -0.4 is 5.32 Å². The van der Waals surface area contributed by atoms with Crippen molar-refractivity contribution < 1.29 is 23.7 Å². The standard InChI is InChI=1S/C12H25NO5/c1-4-5-13-11(12(14)16-3)10-18-9-8-17-7-6-15-2/h11,13H,4-10H2,1-3H3. The lowest BCUT2D eigenvalue weighted by Crippen LogP contribution is -2.42. The van der Waals surface area contributed by atoms with Gasteiger partial charge < -0.3 is 24.3 Å². The molecule has 0 aromatic rings. The minimum atomic E-state index is -0.408. The van der Waals surface area contributed by atoms with Gasteiger partial charge >= 0.3 is 5.97 Å². The Morgan fingerprint density at radius 1 is 1.11 bits per heavy atom. The zero-order valence-corrected chi connectivity index (χ0v) is 11.6. The van der Waals surface area contributed by atoms with Crippen molar-refractivity contribution in [2.24, 2.45) is 0 Å². The third-order valence-electron chi connectivity index (χ3n) is 2.21. The van der Waals surface area contributed by atoms with Crippen LogP contribution in [0.3, 0.4) is 0 Å². The first kappa shape index (κ1) is 17.3. The summed E-state index contributed by atoms with van der Waals surface area (Å²) in [6.45, 7) is 5.15. The topological polar surface area (TPSA) is 66.0 Å². The average molecular weight is 263 g/mol. The lowest BCUT2D eigenvalue weighted by Gasteiger charge is -2.16. The first-order chi connectivity index (χ1) is 8.76. The number of carbonyl (C=O) groups excluding carboxylic acids is 1. The Hall–Kier alpha value is -0.690. The molecule has 0 bridgehead atoms. The van der Waals surface area contributed by atoms with Crippen LogP contribution >= 0.6 is 0 Å². The van der Waals surface area contributed by atoms with Crippen LogP contribution in [0.15, 0.2) is 0 Å². The molecular formula is C12H25NO5. The van der Waals surface area contributed by atoms with Gasteiger partial charge in [-0.3, -0.25) is 4.79 Å². The van der Waals surface area contributed by atoms with Crippen LogP contribution in [0.25, 0.3) is 0 Å². The molecule has 6 heteroatoms. The van der Waals surface area contributed by atoms with E-state index in [2.05, 4.69) is 5.32 Å². The molecule has 18 heavy (non-hydrogen) atoms. The van der Waals surface area contributed by atoms with E-state index >= 15 is 0 Å². The number of esters is 1. The normalized spacial score (nSPS) is 12.4. The molecule has 0 amide bonds. The van der Waals surface area contributed by atoms with E-state index in [1.165, 1.54) is 7.11 Å². The second-order valence-electron chi connectivity index (χ2n) is 3.71. The van der Waals surface area contributed by atoms with Crippen LogP contribution in [0, 0.1) is 0 Å². The van der Waals surface area contributed by atoms with Crippen molar-refractivity contribution in [3.63, 3.8) is 0 Å². The summed E-state index contributed by atoms with van der Waals surface area (Å²) in [6.07, 6.45) is 0.952. The van der Waals surface area contributed by atoms with Gasteiger partial charge in [-0.1, -0.05) is 6.92 Å². The Labute approximate surface area is 109 Å². The zero-order chi connectivity index (χ0) is 13.6. The maximum atomic E-state index is 11.4. The van der Waals surface area contributed by atoms with Crippen LogP contribution in [0.2, 0.25) is 0 Å². The lowest BCUT2D eigenvalue weighted by molar-refractivity contribution is -0.145. The minimum absolute atomic E-state index is 0.292. The molecule has 0 aromatic heterocycles. The zero-order valence-electron chi connectivity index (χ0n) is 11.6. The number of methoxy groups -OCH3 is 2. The van der Waals surface area contributed by atoms with Crippen LogP contribution in [0.1, 0.15) is 13.3 Å². The summed E-state index contributed by atoms with van der Waals surface area (Å²) in [5.74, 6) is -0.302. The largest absolute Gasteiger partial charge is 0.468 e.